The third kappa shape index (κ3) is 8.49. The highest BCUT2D eigenvalue weighted by Gasteiger charge is 2.34. The van der Waals surface area contributed by atoms with Gasteiger partial charge in [0.1, 0.15) is 12.6 Å². The number of aryl methyl sites for hydroxylation is 2. The summed E-state index contributed by atoms with van der Waals surface area (Å²) in [4.78, 5) is 29.6. The van der Waals surface area contributed by atoms with Crippen molar-refractivity contribution in [2.24, 2.45) is 0 Å². The zero-order valence-electron chi connectivity index (χ0n) is 24.1. The van der Waals surface area contributed by atoms with Gasteiger partial charge in [0.2, 0.25) is 21.8 Å². The molecule has 0 unspecified atom stereocenters. The topological polar surface area (TPSA) is 86.8 Å². The van der Waals surface area contributed by atoms with Crippen LogP contribution in [0, 0.1) is 13.8 Å². The number of nitrogens with zero attached hydrogens (tertiary/aromatic N) is 2. The largest absolute Gasteiger partial charge is 0.352 e. The van der Waals surface area contributed by atoms with Gasteiger partial charge in [0.25, 0.3) is 0 Å². The van der Waals surface area contributed by atoms with Gasteiger partial charge in [-0.3, -0.25) is 13.9 Å². The fourth-order valence-corrected chi connectivity index (χ4v) is 6.62. The molecule has 0 bridgehead atoms. The molecule has 1 aliphatic rings. The Morgan fingerprint density at radius 3 is 2.14 bits per heavy atom. The molecule has 2 amide bonds. The van der Waals surface area contributed by atoms with E-state index in [1.54, 1.807) is 30.3 Å². The molecule has 0 aliphatic heterocycles. The molecule has 7 nitrogen and oxygen atoms in total. The van der Waals surface area contributed by atoms with E-state index in [-0.39, 0.29) is 24.9 Å². The van der Waals surface area contributed by atoms with Crippen LogP contribution in [0.1, 0.15) is 47.9 Å². The zero-order chi connectivity index (χ0) is 30.4. The molecule has 4 rings (SSSR count). The number of benzene rings is 3. The predicted molar refractivity (Wildman–Crippen MR) is 169 cm³/mol. The lowest BCUT2D eigenvalue weighted by atomic mass is 10.0. The lowest BCUT2D eigenvalue weighted by molar-refractivity contribution is -0.140. The molecule has 224 valence electrons. The molecular weight excluding hydrogens is 593 g/mol. The molecule has 0 spiro atoms. The van der Waals surface area contributed by atoms with Gasteiger partial charge in [0.15, 0.2) is 0 Å². The van der Waals surface area contributed by atoms with Crippen LogP contribution in [0.3, 0.4) is 0 Å². The van der Waals surface area contributed by atoms with E-state index in [1.165, 1.54) is 4.90 Å². The molecular formula is C32H37Cl2N3O4S. The van der Waals surface area contributed by atoms with Crippen LogP contribution in [0.15, 0.2) is 66.7 Å². The molecule has 0 saturated heterocycles. The zero-order valence-corrected chi connectivity index (χ0v) is 26.5. The van der Waals surface area contributed by atoms with Crippen LogP contribution in [-0.2, 0) is 32.6 Å². The second-order valence-corrected chi connectivity index (χ2v) is 13.8. The second-order valence-electron chi connectivity index (χ2n) is 11.1. The Morgan fingerprint density at radius 2 is 1.55 bits per heavy atom. The normalized spacial score (nSPS) is 14.4. The smallest absolute Gasteiger partial charge is 0.244 e. The van der Waals surface area contributed by atoms with E-state index in [0.717, 1.165) is 52.9 Å². The van der Waals surface area contributed by atoms with Crippen molar-refractivity contribution in [2.75, 3.05) is 17.1 Å². The van der Waals surface area contributed by atoms with E-state index in [2.05, 4.69) is 5.32 Å². The maximum Gasteiger partial charge on any atom is 0.244 e. The van der Waals surface area contributed by atoms with Crippen LogP contribution in [0.5, 0.6) is 0 Å². The molecule has 0 radical (unpaired) electrons. The third-order valence-electron chi connectivity index (χ3n) is 7.48. The monoisotopic (exact) mass is 629 g/mol. The summed E-state index contributed by atoms with van der Waals surface area (Å²) in [5, 5.41) is 3.85. The molecule has 3 aromatic carbocycles. The Bertz CT molecular complexity index is 1510. The van der Waals surface area contributed by atoms with Gasteiger partial charge in [0.05, 0.1) is 22.0 Å². The first-order valence-electron chi connectivity index (χ1n) is 14.0. The van der Waals surface area contributed by atoms with Crippen molar-refractivity contribution in [1.29, 1.82) is 0 Å². The minimum atomic E-state index is -3.84. The molecule has 0 heterocycles. The fourth-order valence-electron chi connectivity index (χ4n) is 5.46. The number of carbonyl (C=O) groups excluding carboxylic acids is 2. The average molecular weight is 631 g/mol. The fraction of sp³-hybridized carbons (Fsp3) is 0.375. The highest BCUT2D eigenvalue weighted by Crippen LogP contribution is 2.26. The number of carbonyl (C=O) groups is 2. The van der Waals surface area contributed by atoms with Gasteiger partial charge in [-0.1, -0.05) is 78.5 Å². The van der Waals surface area contributed by atoms with Gasteiger partial charge in [-0.15, -0.1) is 0 Å². The number of nitrogens with one attached hydrogen (secondary N) is 1. The Hall–Kier alpha value is -3.07. The first-order chi connectivity index (χ1) is 19.9. The summed E-state index contributed by atoms with van der Waals surface area (Å²) < 4.78 is 27.1. The molecule has 10 heteroatoms. The Balaban J connectivity index is 1.75. The summed E-state index contributed by atoms with van der Waals surface area (Å²) in [6.07, 6.45) is 5.20. The summed E-state index contributed by atoms with van der Waals surface area (Å²) in [6.45, 7) is 3.32. The number of rotatable bonds is 11. The van der Waals surface area contributed by atoms with Gasteiger partial charge < -0.3 is 10.2 Å². The van der Waals surface area contributed by atoms with Crippen LogP contribution in [0.25, 0.3) is 0 Å². The number of hydrogen-bond acceptors (Lipinski definition) is 4. The number of halogens is 2. The van der Waals surface area contributed by atoms with E-state index in [0.29, 0.717) is 21.3 Å². The van der Waals surface area contributed by atoms with Crippen molar-refractivity contribution >= 4 is 50.7 Å². The maximum atomic E-state index is 14.3. The lowest BCUT2D eigenvalue weighted by Gasteiger charge is -2.34. The third-order valence-corrected chi connectivity index (χ3v) is 9.36. The quantitative estimate of drug-likeness (QED) is 0.279. The molecule has 0 aromatic heterocycles. The summed E-state index contributed by atoms with van der Waals surface area (Å²) >= 11 is 12.5. The van der Waals surface area contributed by atoms with Crippen LogP contribution < -0.4 is 9.62 Å². The van der Waals surface area contributed by atoms with Gasteiger partial charge in [-0.2, -0.15) is 0 Å². The van der Waals surface area contributed by atoms with Crippen molar-refractivity contribution < 1.29 is 18.0 Å². The molecule has 42 heavy (non-hydrogen) atoms. The SMILES string of the molecule is Cc1cc(C)cc(N(CC(=O)N(Cc2ccc(Cl)c(Cl)c2)[C@@H](Cc2ccccc2)C(=O)NC2CCCC2)S(C)(=O)=O)c1. The highest BCUT2D eigenvalue weighted by atomic mass is 35.5. The second kappa shape index (κ2) is 13.9. The molecule has 1 aliphatic carbocycles. The maximum absolute atomic E-state index is 14.3. The van der Waals surface area contributed by atoms with Crippen molar-refractivity contribution in [1.82, 2.24) is 10.2 Å². The number of amides is 2. The summed E-state index contributed by atoms with van der Waals surface area (Å²) in [6, 6.07) is 19.1. The summed E-state index contributed by atoms with van der Waals surface area (Å²) in [5.74, 6) is -0.773. The van der Waals surface area contributed by atoms with E-state index in [9.17, 15) is 18.0 Å². The van der Waals surface area contributed by atoms with Crippen LogP contribution in [0.4, 0.5) is 5.69 Å². The molecule has 1 N–H and O–H groups in total. The summed E-state index contributed by atoms with van der Waals surface area (Å²) in [5.41, 5.74) is 3.69. The van der Waals surface area contributed by atoms with E-state index in [1.807, 2.05) is 50.2 Å². The van der Waals surface area contributed by atoms with Gasteiger partial charge in [-0.05, 0) is 73.2 Å². The van der Waals surface area contributed by atoms with E-state index < -0.39 is 28.5 Å². The van der Waals surface area contributed by atoms with Crippen molar-refractivity contribution in [3.05, 3.63) is 99.0 Å². The van der Waals surface area contributed by atoms with Crippen molar-refractivity contribution in [3.8, 4) is 0 Å². The van der Waals surface area contributed by atoms with E-state index in [4.69, 9.17) is 23.2 Å². The van der Waals surface area contributed by atoms with Crippen molar-refractivity contribution in [2.45, 2.75) is 64.6 Å². The number of hydrogen-bond donors (Lipinski definition) is 1. The van der Waals surface area contributed by atoms with Crippen molar-refractivity contribution in [3.63, 3.8) is 0 Å². The minimum absolute atomic E-state index is 0.0375. The Labute approximate surface area is 258 Å². The van der Waals surface area contributed by atoms with E-state index >= 15 is 0 Å². The Morgan fingerprint density at radius 1 is 0.905 bits per heavy atom. The first kappa shape index (κ1) is 31.9. The van der Waals surface area contributed by atoms with Gasteiger partial charge in [0, 0.05) is 19.0 Å². The van der Waals surface area contributed by atoms with Gasteiger partial charge in [-0.25, -0.2) is 8.42 Å². The highest BCUT2D eigenvalue weighted by molar-refractivity contribution is 7.92. The van der Waals surface area contributed by atoms with Gasteiger partial charge >= 0.3 is 0 Å². The molecule has 3 aromatic rings. The molecule has 1 fully saturated rings. The Kier molecular flexibility index (Phi) is 10.6. The number of sulfonamides is 1. The molecule has 1 saturated carbocycles. The van der Waals surface area contributed by atoms with Crippen LogP contribution in [0.2, 0.25) is 10.0 Å². The minimum Gasteiger partial charge on any atom is -0.352 e. The average Bonchev–Trinajstić information content (AvgIpc) is 3.43. The molecule has 1 atom stereocenters. The first-order valence-corrected chi connectivity index (χ1v) is 16.6. The predicted octanol–water partition coefficient (Wildman–Crippen LogP) is 6.08. The van der Waals surface area contributed by atoms with Crippen LogP contribution >= 0.6 is 23.2 Å². The summed E-state index contributed by atoms with van der Waals surface area (Å²) in [7, 11) is -3.84. The number of anilines is 1. The van der Waals surface area contributed by atoms with Crippen LogP contribution in [-0.4, -0.2) is 50.0 Å². The standard InChI is InChI=1S/C32H37Cl2N3O4S/c1-22-15-23(2)17-27(16-22)37(42(3,40)41)21-31(38)36(20-25-13-14-28(33)29(34)18-25)30(19-24-9-5-4-6-10-24)32(39)35-26-11-7-8-12-26/h4-6,9-10,13-18,26,30H,7-8,11-12,19-21H2,1-3H3,(H,35,39)/t30-/m0/s1. The lowest BCUT2D eigenvalue weighted by Crippen LogP contribution is -2.54.